The molecule has 2 aromatic carbocycles. The predicted molar refractivity (Wildman–Crippen MR) is 105 cm³/mol. The SMILES string of the molecule is CCc1ccc(NC(=O)CCN(Cc2cccc(C)c2)S(C)(=O)=O)cc1. The van der Waals surface area contributed by atoms with Crippen LogP contribution in [-0.2, 0) is 27.8 Å². The zero-order valence-electron chi connectivity index (χ0n) is 15.5. The van der Waals surface area contributed by atoms with Crippen molar-refractivity contribution in [2.24, 2.45) is 0 Å². The van der Waals surface area contributed by atoms with Crippen molar-refractivity contribution in [3.63, 3.8) is 0 Å². The summed E-state index contributed by atoms with van der Waals surface area (Å²) in [6.45, 7) is 4.44. The molecule has 0 aromatic heterocycles. The van der Waals surface area contributed by atoms with Gasteiger partial charge in [0, 0.05) is 25.2 Å². The number of amides is 1. The monoisotopic (exact) mass is 374 g/mol. The summed E-state index contributed by atoms with van der Waals surface area (Å²) >= 11 is 0. The number of rotatable bonds is 8. The molecule has 0 fully saturated rings. The van der Waals surface area contributed by atoms with Crippen LogP contribution in [0.15, 0.2) is 48.5 Å². The Balaban J connectivity index is 1.96. The Morgan fingerprint density at radius 2 is 1.77 bits per heavy atom. The highest BCUT2D eigenvalue weighted by atomic mass is 32.2. The lowest BCUT2D eigenvalue weighted by atomic mass is 10.1. The minimum atomic E-state index is -3.40. The van der Waals surface area contributed by atoms with Gasteiger partial charge in [0.15, 0.2) is 0 Å². The van der Waals surface area contributed by atoms with Crippen molar-refractivity contribution in [1.82, 2.24) is 4.31 Å². The van der Waals surface area contributed by atoms with Crippen molar-refractivity contribution >= 4 is 21.6 Å². The fourth-order valence-electron chi connectivity index (χ4n) is 2.65. The molecule has 2 aromatic rings. The predicted octanol–water partition coefficient (Wildman–Crippen LogP) is 3.35. The largest absolute Gasteiger partial charge is 0.326 e. The molecule has 1 N–H and O–H groups in total. The Kier molecular flexibility index (Phi) is 6.94. The summed E-state index contributed by atoms with van der Waals surface area (Å²) in [5.41, 5.74) is 3.90. The van der Waals surface area contributed by atoms with E-state index in [2.05, 4.69) is 12.2 Å². The van der Waals surface area contributed by atoms with Crippen molar-refractivity contribution in [1.29, 1.82) is 0 Å². The first-order chi connectivity index (χ1) is 12.3. The molecule has 140 valence electrons. The Hall–Kier alpha value is -2.18. The van der Waals surface area contributed by atoms with Crippen LogP contribution in [0.5, 0.6) is 0 Å². The van der Waals surface area contributed by atoms with Crippen LogP contribution in [0.4, 0.5) is 5.69 Å². The molecule has 1 amide bonds. The number of nitrogens with one attached hydrogen (secondary N) is 1. The van der Waals surface area contributed by atoms with Crippen molar-refractivity contribution in [3.8, 4) is 0 Å². The van der Waals surface area contributed by atoms with E-state index in [0.29, 0.717) is 0 Å². The summed E-state index contributed by atoms with van der Waals surface area (Å²) < 4.78 is 25.4. The average molecular weight is 375 g/mol. The number of nitrogens with zero attached hydrogens (tertiary/aromatic N) is 1. The van der Waals surface area contributed by atoms with Crippen molar-refractivity contribution < 1.29 is 13.2 Å². The third-order valence-corrected chi connectivity index (χ3v) is 5.39. The second-order valence-corrected chi connectivity index (χ2v) is 8.42. The number of anilines is 1. The lowest BCUT2D eigenvalue weighted by Crippen LogP contribution is -2.32. The minimum Gasteiger partial charge on any atom is -0.326 e. The van der Waals surface area contributed by atoms with E-state index in [4.69, 9.17) is 0 Å². The van der Waals surface area contributed by atoms with E-state index in [1.165, 1.54) is 16.1 Å². The number of carbonyl (C=O) groups excluding carboxylic acids is 1. The summed E-state index contributed by atoms with van der Waals surface area (Å²) in [5.74, 6) is -0.202. The highest BCUT2D eigenvalue weighted by molar-refractivity contribution is 7.88. The normalized spacial score (nSPS) is 11.5. The number of hydrogen-bond donors (Lipinski definition) is 1. The smallest absolute Gasteiger partial charge is 0.225 e. The molecule has 6 heteroatoms. The van der Waals surface area contributed by atoms with E-state index in [-0.39, 0.29) is 25.4 Å². The average Bonchev–Trinajstić information content (AvgIpc) is 2.58. The molecule has 0 aliphatic rings. The molecule has 0 bridgehead atoms. The fraction of sp³-hybridized carbons (Fsp3) is 0.350. The molecule has 0 aliphatic heterocycles. The second-order valence-electron chi connectivity index (χ2n) is 6.43. The van der Waals surface area contributed by atoms with Crippen LogP contribution in [0.25, 0.3) is 0 Å². The van der Waals surface area contributed by atoms with Crippen molar-refractivity contribution in [3.05, 3.63) is 65.2 Å². The number of hydrogen-bond acceptors (Lipinski definition) is 3. The summed E-state index contributed by atoms with van der Waals surface area (Å²) in [6, 6.07) is 15.4. The molecule has 2 rings (SSSR count). The number of benzene rings is 2. The van der Waals surface area contributed by atoms with Crippen LogP contribution in [-0.4, -0.2) is 31.4 Å². The van der Waals surface area contributed by atoms with E-state index in [1.54, 1.807) is 0 Å². The van der Waals surface area contributed by atoms with E-state index >= 15 is 0 Å². The molecule has 0 saturated heterocycles. The van der Waals surface area contributed by atoms with Crippen LogP contribution in [0.3, 0.4) is 0 Å². The van der Waals surface area contributed by atoms with Gasteiger partial charge < -0.3 is 5.32 Å². The van der Waals surface area contributed by atoms with E-state index in [0.717, 1.165) is 23.2 Å². The first-order valence-electron chi connectivity index (χ1n) is 8.67. The van der Waals surface area contributed by atoms with Gasteiger partial charge in [0.05, 0.1) is 6.26 Å². The van der Waals surface area contributed by atoms with Crippen LogP contribution in [0, 0.1) is 6.92 Å². The van der Waals surface area contributed by atoms with Gasteiger partial charge >= 0.3 is 0 Å². The van der Waals surface area contributed by atoms with Gasteiger partial charge in [0.2, 0.25) is 15.9 Å². The third kappa shape index (κ3) is 6.28. The van der Waals surface area contributed by atoms with Crippen LogP contribution in [0.2, 0.25) is 0 Å². The highest BCUT2D eigenvalue weighted by Crippen LogP contribution is 2.13. The van der Waals surface area contributed by atoms with Gasteiger partial charge in [-0.3, -0.25) is 4.79 Å². The number of carbonyl (C=O) groups is 1. The van der Waals surface area contributed by atoms with Crippen LogP contribution in [0.1, 0.15) is 30.0 Å². The molecular weight excluding hydrogens is 348 g/mol. The molecule has 0 unspecified atom stereocenters. The van der Waals surface area contributed by atoms with Crippen molar-refractivity contribution in [2.45, 2.75) is 33.2 Å². The summed E-state index contributed by atoms with van der Waals surface area (Å²) in [5, 5.41) is 2.81. The zero-order chi connectivity index (χ0) is 19.2. The molecular formula is C20H26N2O3S. The summed E-state index contributed by atoms with van der Waals surface area (Å²) in [6.07, 6.45) is 2.22. The van der Waals surface area contributed by atoms with E-state index in [1.807, 2.05) is 55.5 Å². The molecule has 0 heterocycles. The van der Waals surface area contributed by atoms with E-state index < -0.39 is 10.0 Å². The van der Waals surface area contributed by atoms with Crippen LogP contribution < -0.4 is 5.32 Å². The maximum Gasteiger partial charge on any atom is 0.225 e. The third-order valence-electron chi connectivity index (χ3n) is 4.14. The Bertz CT molecular complexity index is 846. The molecule has 0 atom stereocenters. The number of aryl methyl sites for hydroxylation is 2. The maximum absolute atomic E-state index is 12.2. The lowest BCUT2D eigenvalue weighted by Gasteiger charge is -2.20. The maximum atomic E-state index is 12.2. The fourth-order valence-corrected chi connectivity index (χ4v) is 3.46. The second kappa shape index (κ2) is 8.96. The van der Waals surface area contributed by atoms with Gasteiger partial charge in [-0.25, -0.2) is 8.42 Å². The Morgan fingerprint density at radius 3 is 2.35 bits per heavy atom. The first kappa shape index (κ1) is 20.1. The van der Waals surface area contributed by atoms with Gasteiger partial charge in [0.1, 0.15) is 0 Å². The van der Waals surface area contributed by atoms with Gasteiger partial charge in [-0.15, -0.1) is 0 Å². The zero-order valence-corrected chi connectivity index (χ0v) is 16.3. The first-order valence-corrected chi connectivity index (χ1v) is 10.5. The molecule has 0 spiro atoms. The standard InChI is InChI=1S/C20H26N2O3S/c1-4-17-8-10-19(11-9-17)21-20(23)12-13-22(26(3,24)25)15-18-7-5-6-16(2)14-18/h5-11,14H,4,12-13,15H2,1-3H3,(H,21,23). The number of sulfonamides is 1. The minimum absolute atomic E-state index is 0.106. The van der Waals surface area contributed by atoms with Crippen LogP contribution >= 0.6 is 0 Å². The summed E-state index contributed by atoms with van der Waals surface area (Å²) in [7, 11) is -3.40. The summed E-state index contributed by atoms with van der Waals surface area (Å²) in [4.78, 5) is 12.2. The van der Waals surface area contributed by atoms with Gasteiger partial charge in [0.25, 0.3) is 0 Å². The molecule has 26 heavy (non-hydrogen) atoms. The van der Waals surface area contributed by atoms with E-state index in [9.17, 15) is 13.2 Å². The highest BCUT2D eigenvalue weighted by Gasteiger charge is 2.18. The van der Waals surface area contributed by atoms with Gasteiger partial charge in [-0.05, 0) is 36.6 Å². The molecule has 0 aliphatic carbocycles. The van der Waals surface area contributed by atoms with Gasteiger partial charge in [-0.2, -0.15) is 4.31 Å². The molecule has 0 radical (unpaired) electrons. The molecule has 0 saturated carbocycles. The Labute approximate surface area is 156 Å². The topological polar surface area (TPSA) is 66.5 Å². The van der Waals surface area contributed by atoms with Crippen molar-refractivity contribution in [2.75, 3.05) is 18.1 Å². The Morgan fingerprint density at radius 1 is 1.08 bits per heavy atom. The van der Waals surface area contributed by atoms with Gasteiger partial charge in [-0.1, -0.05) is 48.9 Å². The quantitative estimate of drug-likeness (QED) is 0.770. The molecule has 5 nitrogen and oxygen atoms in total. The lowest BCUT2D eigenvalue weighted by molar-refractivity contribution is -0.116.